The molecule has 0 radical (unpaired) electrons. The largest absolute Gasteiger partial charge is 0.460 e. The molecule has 0 saturated carbocycles. The number of ether oxygens (including phenoxy) is 1. The lowest BCUT2D eigenvalue weighted by Crippen LogP contribution is -2.70. The quantitative estimate of drug-likeness (QED) is 0.155. The summed E-state index contributed by atoms with van der Waals surface area (Å²) in [6.45, 7) is -1.20. The number of amides is 2. The smallest absolute Gasteiger partial charge is 0.443 e. The molecule has 0 unspecified atom stereocenters. The second-order valence-corrected chi connectivity index (χ2v) is 15.4. The zero-order chi connectivity index (χ0) is 50.9. The lowest BCUT2D eigenvalue weighted by molar-refractivity contribution is -0.440. The minimum absolute atomic E-state index is 0.103. The van der Waals surface area contributed by atoms with E-state index in [-0.39, 0.29) is 32.9 Å². The Hall–Kier alpha value is -3.86. The van der Waals surface area contributed by atoms with Crippen molar-refractivity contribution in [3.8, 4) is 0 Å². The fourth-order valence-electron chi connectivity index (χ4n) is 6.51. The van der Waals surface area contributed by atoms with E-state index in [0.717, 1.165) is 11.1 Å². The predicted molar refractivity (Wildman–Crippen MR) is 165 cm³/mol. The molecule has 2 aliphatic heterocycles. The molecule has 0 atom stereocenters. The Bertz CT molecular complexity index is 1790. The number of halogens is 26. The summed E-state index contributed by atoms with van der Waals surface area (Å²) in [6, 6.07) is 6.84. The second-order valence-electron chi connectivity index (χ2n) is 15.4. The molecule has 0 aromatic heterocycles. The van der Waals surface area contributed by atoms with Crippen molar-refractivity contribution < 1.29 is 128 Å². The van der Waals surface area contributed by atoms with Gasteiger partial charge in [0.1, 0.15) is 5.60 Å². The molecule has 2 aliphatic rings. The van der Waals surface area contributed by atoms with Crippen LogP contribution in [0, 0.1) is 5.92 Å². The zero-order valence-corrected chi connectivity index (χ0v) is 32.1. The molecule has 5 nitrogen and oxygen atoms in total. The van der Waals surface area contributed by atoms with E-state index in [1.807, 2.05) is 0 Å². The normalized spacial score (nSPS) is 17.9. The van der Waals surface area contributed by atoms with Crippen LogP contribution in [-0.4, -0.2) is 119 Å². The van der Waals surface area contributed by atoms with Crippen molar-refractivity contribution in [3.63, 3.8) is 0 Å². The van der Waals surface area contributed by atoms with Crippen LogP contribution in [0.5, 0.6) is 0 Å². The average Bonchev–Trinajstić information content (AvgIpc) is 3.17. The summed E-state index contributed by atoms with van der Waals surface area (Å²) < 4.78 is 361. The lowest BCUT2D eigenvalue weighted by atomic mass is 9.85. The Morgan fingerprint density at radius 1 is 0.492 bits per heavy atom. The zero-order valence-electron chi connectivity index (χ0n) is 32.1. The Balaban J connectivity index is 1.95. The maximum atomic E-state index is 14.8. The van der Waals surface area contributed by atoms with Gasteiger partial charge in [-0.15, -0.1) is 0 Å². The van der Waals surface area contributed by atoms with Gasteiger partial charge in [0.2, 0.25) is 5.91 Å². The van der Waals surface area contributed by atoms with Gasteiger partial charge in [0.05, 0.1) is 0 Å². The van der Waals surface area contributed by atoms with Crippen LogP contribution in [0.25, 0.3) is 0 Å². The van der Waals surface area contributed by atoms with Crippen molar-refractivity contribution in [3.05, 3.63) is 35.4 Å². The van der Waals surface area contributed by atoms with Gasteiger partial charge in [0.15, 0.2) is 0 Å². The van der Waals surface area contributed by atoms with Gasteiger partial charge < -0.3 is 14.5 Å². The van der Waals surface area contributed by atoms with E-state index in [0.29, 0.717) is 11.3 Å². The third-order valence-electron chi connectivity index (χ3n) is 10.8. The number of alkyl halides is 26. The highest BCUT2D eigenvalue weighted by molar-refractivity contribution is 5.79. The molecule has 2 amide bonds. The van der Waals surface area contributed by atoms with E-state index in [9.17, 15) is 124 Å². The Kier molecular flexibility index (Phi) is 14.5. The van der Waals surface area contributed by atoms with Crippen molar-refractivity contribution in [2.45, 2.75) is 136 Å². The fraction of sp³-hybridized carbons (Fsp3) is 0.765. The number of likely N-dealkylation sites (tertiary alicyclic amines) is 1. The molecule has 0 N–H and O–H groups in total. The molecule has 1 aromatic carbocycles. The van der Waals surface area contributed by atoms with Crippen LogP contribution in [0.3, 0.4) is 0 Å². The molecule has 65 heavy (non-hydrogen) atoms. The molecule has 1 aromatic rings. The van der Waals surface area contributed by atoms with Crippen LogP contribution < -0.4 is 0 Å². The number of rotatable bonds is 16. The van der Waals surface area contributed by atoms with Gasteiger partial charge in [-0.05, 0) is 50.2 Å². The second kappa shape index (κ2) is 17.0. The fourth-order valence-corrected chi connectivity index (χ4v) is 6.51. The third-order valence-corrected chi connectivity index (χ3v) is 10.8. The first-order valence-electron chi connectivity index (χ1n) is 18.0. The average molecular weight is 1010 g/mol. The van der Waals surface area contributed by atoms with E-state index in [2.05, 4.69) is 4.74 Å². The van der Waals surface area contributed by atoms with Crippen molar-refractivity contribution in [2.24, 2.45) is 5.92 Å². The van der Waals surface area contributed by atoms with Crippen molar-refractivity contribution >= 4 is 12.0 Å². The van der Waals surface area contributed by atoms with Crippen LogP contribution in [0.15, 0.2) is 24.3 Å². The first kappa shape index (κ1) is 55.5. The van der Waals surface area contributed by atoms with E-state index in [1.165, 1.54) is 4.90 Å². The Morgan fingerprint density at radius 3 is 1.22 bits per heavy atom. The summed E-state index contributed by atoms with van der Waals surface area (Å²) in [6.07, 6.45) is -30.2. The van der Waals surface area contributed by atoms with Crippen molar-refractivity contribution in [1.29, 1.82) is 0 Å². The third kappa shape index (κ3) is 9.39. The van der Waals surface area contributed by atoms with Crippen LogP contribution in [0.2, 0.25) is 0 Å². The number of piperidine rings is 1. The number of benzene rings is 1. The minimum atomic E-state index is -8.46. The molecule has 31 heteroatoms. The summed E-state index contributed by atoms with van der Waals surface area (Å²) >= 11 is 0. The molecular weight excluding hydrogens is 978 g/mol. The van der Waals surface area contributed by atoms with E-state index in [4.69, 9.17) is 0 Å². The maximum absolute atomic E-state index is 14.8. The van der Waals surface area contributed by atoms with Gasteiger partial charge >= 0.3 is 77.7 Å². The number of nitrogens with zero attached hydrogens (tertiary/aromatic N) is 2. The summed E-state index contributed by atoms with van der Waals surface area (Å²) in [4.78, 5) is 28.1. The molecule has 376 valence electrons. The predicted octanol–water partition coefficient (Wildman–Crippen LogP) is 12.2. The highest BCUT2D eigenvalue weighted by atomic mass is 19.4. The van der Waals surface area contributed by atoms with Crippen LogP contribution in [0.4, 0.5) is 119 Å². The molecule has 0 spiro atoms. The monoisotopic (exact) mass is 1010 g/mol. The molecule has 3 rings (SSSR count). The molecule has 0 bridgehead atoms. The highest BCUT2D eigenvalue weighted by Gasteiger charge is 2.92. The Morgan fingerprint density at radius 2 is 0.846 bits per heavy atom. The standard InChI is InChI=1S/C34H30F26N2O3/c1-22(9-11-23(35,36)25(39,40)27(43,44)29(47,48)31(51,52)33(55,56)57,10-12-24(37,38)26(41,42)28(45,46)30(49,50)32(53,54)34(58,59)60)65-21(64)61-13-7-18(8-14-61)20(63)62-15-6-17-4-2-3-5-19(17)16-62/h2-5,18H,6-16H2,1H3. The van der Waals surface area contributed by atoms with Gasteiger partial charge in [-0.25, -0.2) is 4.79 Å². The first-order chi connectivity index (χ1) is 28.7. The lowest BCUT2D eigenvalue weighted by Gasteiger charge is -2.42. The Labute approximate surface area is 347 Å². The van der Waals surface area contributed by atoms with E-state index < -0.39 is 134 Å². The minimum Gasteiger partial charge on any atom is -0.443 e. The highest BCUT2D eigenvalue weighted by Crippen LogP contribution is 2.63. The first-order valence-corrected chi connectivity index (χ1v) is 18.0. The topological polar surface area (TPSA) is 49.9 Å². The number of hydrogen-bond donors (Lipinski definition) is 0. The molecule has 0 aliphatic carbocycles. The van der Waals surface area contributed by atoms with Crippen LogP contribution in [-0.2, 0) is 22.5 Å². The summed E-state index contributed by atoms with van der Waals surface area (Å²) in [5, 5.41) is 0. The molecule has 2 heterocycles. The summed E-state index contributed by atoms with van der Waals surface area (Å²) in [5.74, 6) is -82.0. The summed E-state index contributed by atoms with van der Waals surface area (Å²) in [7, 11) is 0. The SMILES string of the molecule is CC(CCC(F)(F)C(F)(F)C(F)(F)C(F)(F)C(F)(F)C(F)(F)F)(CCC(F)(F)C(F)(F)C(F)(F)C(F)(F)C(F)(F)C(F)(F)F)OC(=O)N1CCC(C(=O)N2CCc3ccccc3C2)CC1. The van der Waals surface area contributed by atoms with Gasteiger partial charge in [-0.1, -0.05) is 24.3 Å². The van der Waals surface area contributed by atoms with E-state index in [1.54, 1.807) is 24.3 Å². The van der Waals surface area contributed by atoms with Crippen molar-refractivity contribution in [1.82, 2.24) is 9.80 Å². The molecular formula is C34H30F26N2O3. The number of carbonyl (C=O) groups is 2. The molecule has 1 saturated heterocycles. The maximum Gasteiger partial charge on any atom is 0.460 e. The van der Waals surface area contributed by atoms with Gasteiger partial charge in [-0.2, -0.15) is 114 Å². The van der Waals surface area contributed by atoms with Crippen LogP contribution >= 0.6 is 0 Å². The summed E-state index contributed by atoms with van der Waals surface area (Å²) in [5.41, 5.74) is -2.19. The van der Waals surface area contributed by atoms with Gasteiger partial charge in [0.25, 0.3) is 0 Å². The van der Waals surface area contributed by atoms with Crippen LogP contribution in [0.1, 0.15) is 56.6 Å². The number of hydrogen-bond acceptors (Lipinski definition) is 3. The van der Waals surface area contributed by atoms with Crippen molar-refractivity contribution in [2.75, 3.05) is 19.6 Å². The number of fused-ring (bicyclic) bond motifs is 1. The molecule has 1 fully saturated rings. The number of carbonyl (C=O) groups excluding carboxylic acids is 2. The van der Waals surface area contributed by atoms with E-state index >= 15 is 0 Å². The van der Waals surface area contributed by atoms with Gasteiger partial charge in [-0.3, -0.25) is 4.79 Å². The van der Waals surface area contributed by atoms with Gasteiger partial charge in [0, 0.05) is 44.9 Å².